The largest absolute Gasteiger partial charge is 0.481 e. The molecule has 414 valence electrons. The molecule has 3 aromatic rings. The first-order valence-electron chi connectivity index (χ1n) is 25.6. The third kappa shape index (κ3) is 19.0. The van der Waals surface area contributed by atoms with Gasteiger partial charge in [0.05, 0.1) is 20.0 Å². The molecular weight excluding hydrogens is 981 g/mol. The first-order valence-corrected chi connectivity index (χ1v) is 26.4. The van der Waals surface area contributed by atoms with Gasteiger partial charge in [-0.15, -0.1) is 11.3 Å². The number of esters is 1. The van der Waals surface area contributed by atoms with E-state index in [4.69, 9.17) is 9.47 Å². The van der Waals surface area contributed by atoms with Gasteiger partial charge in [0, 0.05) is 49.1 Å². The number of amides is 6. The van der Waals surface area contributed by atoms with E-state index in [0.717, 1.165) is 22.5 Å². The highest BCUT2D eigenvalue weighted by Crippen LogP contribution is 2.32. The van der Waals surface area contributed by atoms with Crippen LogP contribution in [0.15, 0.2) is 60.0 Å². The number of ether oxygens (including phenoxy) is 2. The second-order valence-electron chi connectivity index (χ2n) is 22.0. The maximum atomic E-state index is 14.7. The summed E-state index contributed by atoms with van der Waals surface area (Å²) in [6, 6.07) is 12.8. The van der Waals surface area contributed by atoms with Crippen molar-refractivity contribution in [2.75, 3.05) is 26.5 Å². The van der Waals surface area contributed by atoms with Crippen molar-refractivity contribution in [1.82, 2.24) is 31.2 Å². The molecule has 1 heterocycles. The quantitative estimate of drug-likeness (QED) is 0.0351. The topological polar surface area (TPSA) is 252 Å². The fourth-order valence-electron chi connectivity index (χ4n) is 8.13. The first kappa shape index (κ1) is 62.9. The number of carboxylic acids is 1. The minimum atomic E-state index is -1.07. The van der Waals surface area contributed by atoms with Gasteiger partial charge in [-0.2, -0.15) is 0 Å². The number of likely N-dealkylation sites (N-methyl/N-ethyl adjacent to an activating group) is 2. The lowest BCUT2D eigenvalue weighted by Gasteiger charge is -2.44. The Morgan fingerprint density at radius 1 is 0.787 bits per heavy atom. The van der Waals surface area contributed by atoms with Crippen LogP contribution in [0.2, 0.25) is 0 Å². The molecule has 6 N–H and O–H groups in total. The summed E-state index contributed by atoms with van der Waals surface area (Å²) in [5.41, 5.74) is 0.556. The third-order valence-electron chi connectivity index (χ3n) is 13.6. The highest BCUT2D eigenvalue weighted by molar-refractivity contribution is 7.09. The van der Waals surface area contributed by atoms with Crippen molar-refractivity contribution in [1.29, 1.82) is 0 Å². The Morgan fingerprint density at radius 3 is 1.93 bits per heavy atom. The van der Waals surface area contributed by atoms with Gasteiger partial charge >= 0.3 is 18.0 Å². The summed E-state index contributed by atoms with van der Waals surface area (Å²) in [6.45, 7) is 22.8. The number of quaternary nitrogens is 1. The second kappa shape index (κ2) is 27.4. The van der Waals surface area contributed by atoms with Crippen LogP contribution in [0.5, 0.6) is 0 Å². The van der Waals surface area contributed by atoms with Gasteiger partial charge in [-0.3, -0.25) is 33.6 Å². The SMILES string of the molecule is CC[C@H](C)[C@H](NC(=O)C(C)(C)[N+](C)(C)Cc1ccc(NC(=O)[C@H](C)NC(=O)[C@H](C)NC(=O)OC(C)(C)C)cc1)C(=O)N(C)[C@H](C[C@@H](OC(C)=O)c1nc(C(=O)N[C@@H](Cc2ccccc2)C[C@H](C)C(=O)O)cs1)C(C)C. The second-order valence-corrected chi connectivity index (χ2v) is 22.9. The third-order valence-corrected chi connectivity index (χ3v) is 14.6. The number of hydrogen-bond donors (Lipinski definition) is 6. The fraction of sp³-hybridized carbons (Fsp3) is 0.582. The van der Waals surface area contributed by atoms with Gasteiger partial charge in [0.1, 0.15) is 41.0 Å². The van der Waals surface area contributed by atoms with Crippen molar-refractivity contribution in [2.24, 2.45) is 17.8 Å². The van der Waals surface area contributed by atoms with Crippen molar-refractivity contribution in [3.05, 3.63) is 81.8 Å². The van der Waals surface area contributed by atoms with Gasteiger partial charge in [0.2, 0.25) is 17.7 Å². The number of alkyl carbamates (subject to hydrolysis) is 1. The molecule has 2 aromatic carbocycles. The van der Waals surface area contributed by atoms with Gasteiger partial charge in [0.25, 0.3) is 11.8 Å². The number of anilines is 1. The van der Waals surface area contributed by atoms with Gasteiger partial charge in [-0.05, 0) is 90.8 Å². The minimum absolute atomic E-state index is 0.0838. The molecule has 8 atom stereocenters. The molecule has 20 heteroatoms. The number of hydrogen-bond acceptors (Lipinski definition) is 12. The van der Waals surface area contributed by atoms with E-state index < -0.39 is 89.1 Å². The van der Waals surface area contributed by atoms with Crippen LogP contribution in [0.25, 0.3) is 0 Å². The van der Waals surface area contributed by atoms with Crippen molar-refractivity contribution in [3.63, 3.8) is 0 Å². The predicted molar refractivity (Wildman–Crippen MR) is 288 cm³/mol. The maximum absolute atomic E-state index is 14.7. The molecule has 0 unspecified atom stereocenters. The average Bonchev–Trinajstić information content (AvgIpc) is 3.82. The molecule has 0 aliphatic heterocycles. The average molecular weight is 1060 g/mol. The number of carbonyl (C=O) groups is 8. The van der Waals surface area contributed by atoms with E-state index in [1.165, 1.54) is 20.8 Å². The number of aliphatic carboxylic acids is 1. The Bertz CT molecular complexity index is 2440. The molecule has 3 rings (SSSR count). The number of nitrogens with zero attached hydrogens (tertiary/aromatic N) is 3. The molecule has 0 radical (unpaired) electrons. The van der Waals surface area contributed by atoms with E-state index in [2.05, 4.69) is 31.6 Å². The molecule has 0 fully saturated rings. The number of carbonyl (C=O) groups excluding carboxylic acids is 7. The van der Waals surface area contributed by atoms with E-state index >= 15 is 0 Å². The fourth-order valence-corrected chi connectivity index (χ4v) is 8.96. The monoisotopic (exact) mass is 1060 g/mol. The van der Waals surface area contributed by atoms with Gasteiger partial charge < -0.3 is 50.5 Å². The Labute approximate surface area is 447 Å². The summed E-state index contributed by atoms with van der Waals surface area (Å²) >= 11 is 1.14. The zero-order valence-corrected chi connectivity index (χ0v) is 47.6. The lowest BCUT2D eigenvalue weighted by molar-refractivity contribution is -0.940. The van der Waals surface area contributed by atoms with E-state index in [1.807, 2.05) is 98.1 Å². The molecule has 19 nitrogen and oxygen atoms in total. The molecule has 0 saturated heterocycles. The number of thiazole rings is 1. The summed E-state index contributed by atoms with van der Waals surface area (Å²) in [6.07, 6.45) is -0.359. The molecule has 0 aliphatic carbocycles. The van der Waals surface area contributed by atoms with E-state index in [0.29, 0.717) is 30.1 Å². The highest BCUT2D eigenvalue weighted by Gasteiger charge is 2.46. The van der Waals surface area contributed by atoms with E-state index in [9.17, 15) is 43.5 Å². The van der Waals surface area contributed by atoms with Crippen LogP contribution in [0, 0.1) is 17.8 Å². The van der Waals surface area contributed by atoms with Crippen LogP contribution in [0.1, 0.15) is 142 Å². The molecule has 0 bridgehead atoms. The van der Waals surface area contributed by atoms with Crippen molar-refractivity contribution in [2.45, 2.75) is 170 Å². The normalized spacial score (nSPS) is 15.1. The molecule has 6 amide bonds. The van der Waals surface area contributed by atoms with E-state index in [1.54, 1.807) is 57.2 Å². The molecule has 0 saturated carbocycles. The zero-order chi connectivity index (χ0) is 56.7. The van der Waals surface area contributed by atoms with Crippen LogP contribution in [0.4, 0.5) is 10.5 Å². The van der Waals surface area contributed by atoms with Gasteiger partial charge in [-0.25, -0.2) is 9.78 Å². The van der Waals surface area contributed by atoms with Crippen molar-refractivity contribution < 1.29 is 57.4 Å². The summed E-state index contributed by atoms with van der Waals surface area (Å²) < 4.78 is 11.2. The molecule has 75 heavy (non-hydrogen) atoms. The zero-order valence-electron chi connectivity index (χ0n) is 46.8. The van der Waals surface area contributed by atoms with Crippen LogP contribution < -0.4 is 26.6 Å². The van der Waals surface area contributed by atoms with Crippen molar-refractivity contribution >= 4 is 64.6 Å². The van der Waals surface area contributed by atoms with Crippen LogP contribution in [0.3, 0.4) is 0 Å². The highest BCUT2D eigenvalue weighted by atomic mass is 32.1. The summed E-state index contributed by atoms with van der Waals surface area (Å²) in [5.74, 6) is -4.88. The van der Waals surface area contributed by atoms with Gasteiger partial charge in [-0.1, -0.05) is 83.5 Å². The number of rotatable bonds is 26. The smallest absolute Gasteiger partial charge is 0.408 e. The summed E-state index contributed by atoms with van der Waals surface area (Å²) in [5, 5.41) is 25.5. The molecule has 0 spiro atoms. The van der Waals surface area contributed by atoms with E-state index in [-0.39, 0.29) is 46.7 Å². The maximum Gasteiger partial charge on any atom is 0.408 e. The molecule has 1 aromatic heterocycles. The van der Waals surface area contributed by atoms with Crippen molar-refractivity contribution in [3.8, 4) is 0 Å². The number of aromatic nitrogens is 1. The van der Waals surface area contributed by atoms with Gasteiger partial charge in [0.15, 0.2) is 11.6 Å². The lowest BCUT2D eigenvalue weighted by atomic mass is 9.91. The Morgan fingerprint density at radius 2 is 1.39 bits per heavy atom. The summed E-state index contributed by atoms with van der Waals surface area (Å²) in [4.78, 5) is 111. The Hall–Kier alpha value is -6.41. The number of benzene rings is 2. The van der Waals surface area contributed by atoms with Crippen LogP contribution >= 0.6 is 11.3 Å². The first-order chi connectivity index (χ1) is 34.8. The lowest BCUT2D eigenvalue weighted by Crippen LogP contribution is -2.66. The molecular formula is C55H83N8O11S+. The van der Waals surface area contributed by atoms with Crippen LogP contribution in [-0.2, 0) is 51.2 Å². The Balaban J connectivity index is 1.74. The predicted octanol–water partition coefficient (Wildman–Crippen LogP) is 7.01. The number of nitrogens with one attached hydrogen (secondary N) is 5. The van der Waals surface area contributed by atoms with Crippen LogP contribution in [-0.4, -0.2) is 130 Å². The molecule has 0 aliphatic rings. The summed E-state index contributed by atoms with van der Waals surface area (Å²) in [7, 11) is 5.52. The minimum Gasteiger partial charge on any atom is -0.481 e. The Kier molecular flexibility index (Phi) is 23.0. The number of carboxylic acid groups (broad SMARTS) is 1. The standard InChI is InChI=1S/C55H82N8O11S/c1-17-33(4)45(61-52(71)55(12,13)63(15,16)30-39-23-25-40(26-24-39)58-47(66)35(6)56-46(65)36(7)57-53(72)74-54(9,10)11)50(68)62(14)43(32(2)3)29-44(73-37(8)64)49-60-42(31-75-49)48(67)59-41(27-34(5)51(69)70)28-38-21-19-18-20-22-38/h18-26,31-36,41,43-45H,17,27-30H2,1-16H3,(H5-,56,57,58,59,61,65,66,67,69,70,71,72)/p+1/t33-,34-,35-,36-,41+,43+,44+,45-/m0/s1.